The van der Waals surface area contributed by atoms with Gasteiger partial charge in [-0.15, -0.1) is 16.9 Å². The van der Waals surface area contributed by atoms with Crippen LogP contribution in [0.15, 0.2) is 34.0 Å². The van der Waals surface area contributed by atoms with Crippen LogP contribution < -0.4 is 5.73 Å². The highest BCUT2D eigenvalue weighted by Gasteiger charge is 2.12. The first-order chi connectivity index (χ1) is 8.28. The van der Waals surface area contributed by atoms with E-state index in [1.807, 2.05) is 6.26 Å². The van der Waals surface area contributed by atoms with Gasteiger partial charge in [0.25, 0.3) is 0 Å². The number of nitrogens with two attached hydrogens (primary N) is 1. The highest BCUT2D eigenvalue weighted by Crippen LogP contribution is 2.21. The van der Waals surface area contributed by atoms with E-state index in [0.717, 1.165) is 5.03 Å². The average Bonchev–Trinajstić information content (AvgIpc) is 2.96. The fourth-order valence-electron chi connectivity index (χ4n) is 1.50. The van der Waals surface area contributed by atoms with E-state index in [1.165, 1.54) is 11.8 Å². The maximum Gasteiger partial charge on any atom is 0.218 e. The number of hydrogen-bond donors (Lipinski definition) is 1. The Balaban J connectivity index is 2.22. The number of aromatic nitrogens is 4. The Morgan fingerprint density at radius 2 is 2.29 bits per heavy atom. The second-order valence-electron chi connectivity index (χ2n) is 3.35. The van der Waals surface area contributed by atoms with Crippen LogP contribution in [-0.4, -0.2) is 25.8 Å². The van der Waals surface area contributed by atoms with Crippen molar-refractivity contribution in [1.29, 1.82) is 0 Å². The number of furan rings is 1. The summed E-state index contributed by atoms with van der Waals surface area (Å²) in [6.45, 7) is 0. The Kier molecular flexibility index (Phi) is 2.25. The van der Waals surface area contributed by atoms with Crippen LogP contribution in [-0.2, 0) is 0 Å². The number of fused-ring (bicyclic) bond motifs is 1. The molecule has 0 spiro atoms. The van der Waals surface area contributed by atoms with E-state index in [-0.39, 0.29) is 0 Å². The molecule has 6 nitrogen and oxygen atoms in total. The molecule has 0 saturated heterocycles. The maximum absolute atomic E-state index is 5.82. The van der Waals surface area contributed by atoms with Gasteiger partial charge >= 0.3 is 0 Å². The van der Waals surface area contributed by atoms with Crippen LogP contribution in [0.4, 0.5) is 5.82 Å². The number of rotatable bonds is 2. The van der Waals surface area contributed by atoms with Gasteiger partial charge in [-0.3, -0.25) is 0 Å². The molecule has 0 fully saturated rings. The van der Waals surface area contributed by atoms with E-state index in [0.29, 0.717) is 23.0 Å². The van der Waals surface area contributed by atoms with E-state index in [9.17, 15) is 0 Å². The van der Waals surface area contributed by atoms with Crippen molar-refractivity contribution < 1.29 is 4.42 Å². The summed E-state index contributed by atoms with van der Waals surface area (Å²) in [5.41, 5.74) is 6.36. The van der Waals surface area contributed by atoms with Gasteiger partial charge in [-0.25, -0.2) is 14.5 Å². The van der Waals surface area contributed by atoms with Gasteiger partial charge in [0.2, 0.25) is 5.82 Å². The first-order valence-corrected chi connectivity index (χ1v) is 6.11. The van der Waals surface area contributed by atoms with Crippen molar-refractivity contribution in [2.24, 2.45) is 0 Å². The van der Waals surface area contributed by atoms with Gasteiger partial charge in [0, 0.05) is 0 Å². The van der Waals surface area contributed by atoms with Crippen LogP contribution in [0.5, 0.6) is 0 Å². The molecule has 0 bridgehead atoms. The summed E-state index contributed by atoms with van der Waals surface area (Å²) in [6, 6.07) is 3.59. The Labute approximate surface area is 101 Å². The quantitative estimate of drug-likeness (QED) is 0.694. The van der Waals surface area contributed by atoms with Gasteiger partial charge < -0.3 is 10.2 Å². The standard InChI is InChI=1S/C10H9N5OS/c1-17-7-5-15-10(8(11)12-7)13-9(14-15)6-3-2-4-16-6/h2-5H,1H3,(H2,11,12). The van der Waals surface area contributed by atoms with Gasteiger partial charge in [-0.05, 0) is 18.4 Å². The fourth-order valence-corrected chi connectivity index (χ4v) is 1.89. The second kappa shape index (κ2) is 3.77. The molecule has 0 unspecified atom stereocenters. The molecular weight excluding hydrogens is 238 g/mol. The van der Waals surface area contributed by atoms with Crippen molar-refractivity contribution in [1.82, 2.24) is 19.6 Å². The summed E-state index contributed by atoms with van der Waals surface area (Å²) in [7, 11) is 0. The molecule has 3 aromatic heterocycles. The SMILES string of the molecule is CSc1cn2nc(-c3ccco3)nc2c(N)n1. The summed E-state index contributed by atoms with van der Waals surface area (Å²) in [5.74, 6) is 1.47. The smallest absolute Gasteiger partial charge is 0.218 e. The summed E-state index contributed by atoms with van der Waals surface area (Å²) >= 11 is 1.50. The lowest BCUT2D eigenvalue weighted by molar-refractivity contribution is 0.577. The van der Waals surface area contributed by atoms with Gasteiger partial charge in [-0.1, -0.05) is 0 Å². The monoisotopic (exact) mass is 247 g/mol. The third kappa shape index (κ3) is 1.64. The zero-order chi connectivity index (χ0) is 11.8. The predicted molar refractivity (Wildman–Crippen MR) is 64.7 cm³/mol. The summed E-state index contributed by atoms with van der Waals surface area (Å²) in [6.07, 6.45) is 5.30. The Morgan fingerprint density at radius 1 is 1.41 bits per heavy atom. The highest BCUT2D eigenvalue weighted by molar-refractivity contribution is 7.98. The zero-order valence-corrected chi connectivity index (χ0v) is 9.81. The van der Waals surface area contributed by atoms with E-state index >= 15 is 0 Å². The minimum atomic E-state index is 0.363. The van der Waals surface area contributed by atoms with Crippen LogP contribution in [0.3, 0.4) is 0 Å². The minimum Gasteiger partial charge on any atom is -0.461 e. The summed E-state index contributed by atoms with van der Waals surface area (Å²) in [5, 5.41) is 5.10. The van der Waals surface area contributed by atoms with Crippen molar-refractivity contribution in [2.75, 3.05) is 12.0 Å². The largest absolute Gasteiger partial charge is 0.461 e. The lowest BCUT2D eigenvalue weighted by Crippen LogP contribution is -1.98. The van der Waals surface area contributed by atoms with E-state index in [1.54, 1.807) is 29.1 Å². The Morgan fingerprint density at radius 3 is 3.00 bits per heavy atom. The minimum absolute atomic E-state index is 0.363. The van der Waals surface area contributed by atoms with E-state index in [2.05, 4.69) is 15.1 Å². The number of nitrogen functional groups attached to an aromatic ring is 1. The molecular formula is C10H9N5OS. The van der Waals surface area contributed by atoms with Crippen molar-refractivity contribution in [2.45, 2.75) is 5.03 Å². The van der Waals surface area contributed by atoms with Crippen molar-refractivity contribution >= 4 is 23.2 Å². The molecule has 3 heterocycles. The van der Waals surface area contributed by atoms with Crippen LogP contribution in [0.25, 0.3) is 17.2 Å². The molecule has 17 heavy (non-hydrogen) atoms. The molecule has 0 amide bonds. The zero-order valence-electron chi connectivity index (χ0n) is 8.99. The first-order valence-electron chi connectivity index (χ1n) is 4.88. The van der Waals surface area contributed by atoms with E-state index in [4.69, 9.17) is 10.2 Å². The molecule has 0 saturated carbocycles. The van der Waals surface area contributed by atoms with Crippen LogP contribution in [0, 0.1) is 0 Å². The number of hydrogen-bond acceptors (Lipinski definition) is 6. The molecule has 2 N–H and O–H groups in total. The molecule has 0 aliphatic heterocycles. The third-order valence-electron chi connectivity index (χ3n) is 2.27. The lowest BCUT2D eigenvalue weighted by atomic mass is 10.4. The van der Waals surface area contributed by atoms with Gasteiger partial charge in [0.15, 0.2) is 17.2 Å². The number of thioether (sulfide) groups is 1. The molecule has 3 rings (SSSR count). The Hall–Kier alpha value is -2.02. The predicted octanol–water partition coefficient (Wildman–Crippen LogP) is 1.69. The second-order valence-corrected chi connectivity index (χ2v) is 4.18. The molecule has 0 aliphatic rings. The topological polar surface area (TPSA) is 82.2 Å². The number of nitrogens with zero attached hydrogens (tertiary/aromatic N) is 4. The molecule has 0 aliphatic carbocycles. The Bertz CT molecular complexity index is 661. The molecule has 0 atom stereocenters. The summed E-state index contributed by atoms with van der Waals surface area (Å²) < 4.78 is 6.86. The normalized spacial score (nSPS) is 11.1. The van der Waals surface area contributed by atoms with Crippen molar-refractivity contribution in [3.8, 4) is 11.6 Å². The van der Waals surface area contributed by atoms with Gasteiger partial charge in [0.1, 0.15) is 5.03 Å². The molecule has 3 aromatic rings. The molecule has 7 heteroatoms. The van der Waals surface area contributed by atoms with Crippen molar-refractivity contribution in [3.63, 3.8) is 0 Å². The first kappa shape index (κ1) is 10.2. The highest BCUT2D eigenvalue weighted by atomic mass is 32.2. The van der Waals surface area contributed by atoms with E-state index < -0.39 is 0 Å². The third-order valence-corrected chi connectivity index (χ3v) is 2.89. The van der Waals surface area contributed by atoms with Crippen LogP contribution in [0.1, 0.15) is 0 Å². The van der Waals surface area contributed by atoms with Gasteiger partial charge in [-0.2, -0.15) is 0 Å². The van der Waals surface area contributed by atoms with Gasteiger partial charge in [0.05, 0.1) is 12.5 Å². The fraction of sp³-hybridized carbons (Fsp3) is 0.100. The molecule has 86 valence electrons. The lowest BCUT2D eigenvalue weighted by Gasteiger charge is -1.98. The molecule has 0 aromatic carbocycles. The number of anilines is 1. The maximum atomic E-state index is 5.82. The van der Waals surface area contributed by atoms with Crippen LogP contribution >= 0.6 is 11.8 Å². The van der Waals surface area contributed by atoms with Crippen LogP contribution in [0.2, 0.25) is 0 Å². The average molecular weight is 247 g/mol. The van der Waals surface area contributed by atoms with Crippen molar-refractivity contribution in [3.05, 3.63) is 24.6 Å². The molecule has 0 radical (unpaired) electrons. The summed E-state index contributed by atoms with van der Waals surface area (Å²) in [4.78, 5) is 8.49.